The third kappa shape index (κ3) is 3.72. The lowest BCUT2D eigenvalue weighted by Gasteiger charge is -2.35. The number of nitrogens with one attached hydrogen (secondary N) is 1. The first-order valence-corrected chi connectivity index (χ1v) is 11.1. The van der Waals surface area contributed by atoms with E-state index in [1.54, 1.807) is 17.5 Å². The van der Waals surface area contributed by atoms with Crippen molar-refractivity contribution < 1.29 is 5.11 Å². The minimum absolute atomic E-state index is 0.0107. The summed E-state index contributed by atoms with van der Waals surface area (Å²) in [5.41, 5.74) is 4.05. The quantitative estimate of drug-likeness (QED) is 0.494. The highest BCUT2D eigenvalue weighted by molar-refractivity contribution is 7.22. The van der Waals surface area contributed by atoms with Crippen LogP contribution >= 0.6 is 11.3 Å². The third-order valence-corrected chi connectivity index (χ3v) is 7.02. The van der Waals surface area contributed by atoms with Crippen molar-refractivity contribution in [2.24, 2.45) is 5.41 Å². The molecule has 29 heavy (non-hydrogen) atoms. The van der Waals surface area contributed by atoms with E-state index in [1.807, 2.05) is 18.5 Å². The van der Waals surface area contributed by atoms with Crippen LogP contribution < -0.4 is 5.32 Å². The van der Waals surface area contributed by atoms with Crippen LogP contribution in [0.15, 0.2) is 42.9 Å². The van der Waals surface area contributed by atoms with E-state index in [0.29, 0.717) is 0 Å². The van der Waals surface area contributed by atoms with Gasteiger partial charge in [-0.2, -0.15) is 0 Å². The van der Waals surface area contributed by atoms with Crippen molar-refractivity contribution in [1.82, 2.24) is 19.5 Å². The predicted octanol–water partition coefficient (Wildman–Crippen LogP) is 4.44. The lowest BCUT2D eigenvalue weighted by atomic mass is 9.74. The van der Waals surface area contributed by atoms with Gasteiger partial charge in [0.15, 0.2) is 10.8 Å². The number of nitrogens with zero attached hydrogens (tertiary/aromatic N) is 4. The lowest BCUT2D eigenvalue weighted by Crippen LogP contribution is -2.35. The number of aliphatic hydroxyl groups excluding tert-OH is 1. The fourth-order valence-corrected chi connectivity index (χ4v) is 5.23. The molecule has 1 aliphatic carbocycles. The molecule has 7 heteroatoms. The largest absolute Gasteiger partial charge is 0.396 e. The van der Waals surface area contributed by atoms with Crippen LogP contribution in [0.3, 0.4) is 0 Å². The number of hydrogen-bond donors (Lipinski definition) is 2. The van der Waals surface area contributed by atoms with Crippen LogP contribution in [0.4, 0.5) is 5.13 Å². The number of fused-ring (bicyclic) bond motifs is 2. The van der Waals surface area contributed by atoms with E-state index < -0.39 is 0 Å². The van der Waals surface area contributed by atoms with Crippen molar-refractivity contribution in [2.75, 3.05) is 18.5 Å². The average Bonchev–Trinajstić information content (AvgIpc) is 3.37. The summed E-state index contributed by atoms with van der Waals surface area (Å²) in [7, 11) is 0. The lowest BCUT2D eigenvalue weighted by molar-refractivity contribution is 0.0944. The second-order valence-corrected chi connectivity index (χ2v) is 9.14. The maximum absolute atomic E-state index is 9.92. The highest BCUT2D eigenvalue weighted by Crippen LogP contribution is 2.37. The van der Waals surface area contributed by atoms with Gasteiger partial charge in [0.25, 0.3) is 0 Å². The van der Waals surface area contributed by atoms with Crippen molar-refractivity contribution in [2.45, 2.75) is 38.6 Å². The molecule has 0 aliphatic heterocycles. The van der Waals surface area contributed by atoms with Gasteiger partial charge < -0.3 is 15.0 Å². The van der Waals surface area contributed by atoms with Gasteiger partial charge in [0.1, 0.15) is 5.52 Å². The van der Waals surface area contributed by atoms with E-state index in [9.17, 15) is 5.11 Å². The highest BCUT2D eigenvalue weighted by atomic mass is 32.1. The molecule has 3 aromatic heterocycles. The normalized spacial score (nSPS) is 16.4. The van der Waals surface area contributed by atoms with Gasteiger partial charge in [0.05, 0.1) is 29.7 Å². The summed E-state index contributed by atoms with van der Waals surface area (Å²) < 4.78 is 3.24. The molecule has 1 aliphatic rings. The Hall–Kier alpha value is -2.51. The molecule has 150 valence electrons. The SMILES string of the molecule is OCC1(CNc2nc3ccc(Cn4cnc5cccnc54)cc3s2)CCCCC1. The topological polar surface area (TPSA) is 75.9 Å². The molecule has 0 radical (unpaired) electrons. The number of pyridine rings is 1. The number of aliphatic hydroxyl groups is 1. The molecule has 1 fully saturated rings. The van der Waals surface area contributed by atoms with Gasteiger partial charge in [0, 0.05) is 18.2 Å². The van der Waals surface area contributed by atoms with Gasteiger partial charge >= 0.3 is 0 Å². The van der Waals surface area contributed by atoms with Crippen LogP contribution in [0.25, 0.3) is 21.4 Å². The zero-order valence-corrected chi connectivity index (χ0v) is 17.2. The number of hydrogen-bond acceptors (Lipinski definition) is 6. The van der Waals surface area contributed by atoms with Gasteiger partial charge in [-0.3, -0.25) is 0 Å². The van der Waals surface area contributed by atoms with Gasteiger partial charge in [-0.15, -0.1) is 0 Å². The van der Waals surface area contributed by atoms with Crippen molar-refractivity contribution in [3.63, 3.8) is 0 Å². The fraction of sp³-hybridized carbons (Fsp3) is 0.409. The Labute approximate surface area is 173 Å². The molecular formula is C22H25N5OS. The average molecular weight is 408 g/mol. The van der Waals surface area contributed by atoms with Crippen LogP contribution in [-0.4, -0.2) is 37.8 Å². The summed E-state index contributed by atoms with van der Waals surface area (Å²) in [5, 5.41) is 14.4. The Kier molecular flexibility index (Phi) is 4.93. The van der Waals surface area contributed by atoms with E-state index in [2.05, 4.69) is 38.1 Å². The monoisotopic (exact) mass is 407 g/mol. The Bertz CT molecular complexity index is 1130. The number of imidazole rings is 1. The molecule has 1 aromatic carbocycles. The van der Waals surface area contributed by atoms with Crippen LogP contribution in [0.2, 0.25) is 0 Å². The predicted molar refractivity (Wildman–Crippen MR) is 117 cm³/mol. The standard InChI is InChI=1S/C22H25N5OS/c28-14-22(8-2-1-3-9-22)13-24-21-26-17-7-6-16(11-19(17)29-21)12-27-15-25-18-5-4-10-23-20(18)27/h4-7,10-11,15,28H,1-3,8-9,12-14H2,(H,24,26). The van der Waals surface area contributed by atoms with Crippen LogP contribution in [0, 0.1) is 5.41 Å². The summed E-state index contributed by atoms with van der Waals surface area (Å²) in [6.07, 6.45) is 9.55. The summed E-state index contributed by atoms with van der Waals surface area (Å²) >= 11 is 1.68. The molecule has 0 amide bonds. The Morgan fingerprint density at radius 3 is 2.86 bits per heavy atom. The fourth-order valence-electron chi connectivity index (χ4n) is 4.31. The van der Waals surface area contributed by atoms with Crippen molar-refractivity contribution in [3.05, 3.63) is 48.4 Å². The smallest absolute Gasteiger partial charge is 0.183 e. The number of anilines is 1. The highest BCUT2D eigenvalue weighted by Gasteiger charge is 2.31. The zero-order valence-electron chi connectivity index (χ0n) is 16.3. The first-order chi connectivity index (χ1) is 14.2. The van der Waals surface area contributed by atoms with Gasteiger partial charge in [-0.1, -0.05) is 36.7 Å². The molecule has 0 atom stereocenters. The molecule has 2 N–H and O–H groups in total. The molecule has 6 nitrogen and oxygen atoms in total. The van der Waals surface area contributed by atoms with E-state index in [0.717, 1.165) is 47.7 Å². The van der Waals surface area contributed by atoms with Crippen molar-refractivity contribution in [1.29, 1.82) is 0 Å². The molecule has 3 heterocycles. The summed E-state index contributed by atoms with van der Waals surface area (Å²) in [5.74, 6) is 0. The second-order valence-electron chi connectivity index (χ2n) is 8.11. The maximum atomic E-state index is 9.92. The van der Waals surface area contributed by atoms with Crippen molar-refractivity contribution in [3.8, 4) is 0 Å². The van der Waals surface area contributed by atoms with E-state index in [-0.39, 0.29) is 12.0 Å². The summed E-state index contributed by atoms with van der Waals surface area (Å²) in [6.45, 7) is 1.78. The zero-order chi connectivity index (χ0) is 19.7. The summed E-state index contributed by atoms with van der Waals surface area (Å²) in [6, 6.07) is 10.3. The molecule has 0 bridgehead atoms. The van der Waals surface area contributed by atoms with Gasteiger partial charge in [-0.25, -0.2) is 15.0 Å². The number of aromatic nitrogens is 4. The third-order valence-electron chi connectivity index (χ3n) is 6.04. The van der Waals surface area contributed by atoms with E-state index in [4.69, 9.17) is 4.98 Å². The van der Waals surface area contributed by atoms with Gasteiger partial charge in [0.2, 0.25) is 0 Å². The van der Waals surface area contributed by atoms with Gasteiger partial charge in [-0.05, 0) is 42.7 Å². The molecule has 0 saturated heterocycles. The molecule has 5 rings (SSSR count). The van der Waals surface area contributed by atoms with E-state index >= 15 is 0 Å². The maximum Gasteiger partial charge on any atom is 0.183 e. The Balaban J connectivity index is 1.33. The number of rotatable bonds is 6. The molecule has 1 saturated carbocycles. The van der Waals surface area contributed by atoms with Crippen LogP contribution in [0.5, 0.6) is 0 Å². The summed E-state index contributed by atoms with van der Waals surface area (Å²) in [4.78, 5) is 13.6. The molecule has 4 aromatic rings. The number of benzene rings is 1. The van der Waals surface area contributed by atoms with Crippen molar-refractivity contribution >= 4 is 37.8 Å². The Morgan fingerprint density at radius 2 is 2.00 bits per heavy atom. The van der Waals surface area contributed by atoms with Crippen LogP contribution in [0.1, 0.15) is 37.7 Å². The van der Waals surface area contributed by atoms with Crippen LogP contribution in [-0.2, 0) is 6.54 Å². The number of thiazole rings is 1. The minimum Gasteiger partial charge on any atom is -0.396 e. The first-order valence-electron chi connectivity index (χ1n) is 10.2. The molecule has 0 spiro atoms. The minimum atomic E-state index is 0.0107. The Morgan fingerprint density at radius 1 is 1.10 bits per heavy atom. The second kappa shape index (κ2) is 7.72. The van der Waals surface area contributed by atoms with E-state index in [1.165, 1.54) is 29.5 Å². The molecular weight excluding hydrogens is 382 g/mol. The molecule has 0 unspecified atom stereocenters. The first kappa shape index (κ1) is 18.5.